The van der Waals surface area contributed by atoms with Gasteiger partial charge in [-0.3, -0.25) is 14.5 Å². The van der Waals surface area contributed by atoms with E-state index in [-0.39, 0.29) is 22.3 Å². The van der Waals surface area contributed by atoms with Gasteiger partial charge in [-0.1, -0.05) is 24.3 Å². The Morgan fingerprint density at radius 2 is 1.68 bits per heavy atom. The van der Waals surface area contributed by atoms with Gasteiger partial charge in [-0.05, 0) is 35.2 Å². The molecular weight excluding hydrogens is 396 g/mol. The third kappa shape index (κ3) is 2.49. The van der Waals surface area contributed by atoms with Crippen molar-refractivity contribution in [3.63, 3.8) is 0 Å². The summed E-state index contributed by atoms with van der Waals surface area (Å²) in [6.45, 7) is 0. The van der Waals surface area contributed by atoms with E-state index in [0.717, 1.165) is 4.90 Å². The highest BCUT2D eigenvalue weighted by molar-refractivity contribution is 6.29. The zero-order chi connectivity index (χ0) is 21.9. The molecule has 0 aliphatic carbocycles. The molecule has 4 aromatic rings. The second-order valence-corrected chi connectivity index (χ2v) is 7.17. The lowest BCUT2D eigenvalue weighted by Gasteiger charge is -2.24. The maximum absolute atomic E-state index is 12.9. The Kier molecular flexibility index (Phi) is 3.92. The van der Waals surface area contributed by atoms with Crippen molar-refractivity contribution in [1.29, 1.82) is 5.26 Å². The molecule has 0 fully saturated rings. The van der Waals surface area contributed by atoms with Crippen LogP contribution in [0.3, 0.4) is 0 Å². The van der Waals surface area contributed by atoms with Gasteiger partial charge in [0.15, 0.2) is 0 Å². The molecule has 31 heavy (non-hydrogen) atoms. The first-order valence-electron chi connectivity index (χ1n) is 9.39. The van der Waals surface area contributed by atoms with Crippen LogP contribution in [0.15, 0.2) is 57.7 Å². The molecule has 3 aromatic carbocycles. The van der Waals surface area contributed by atoms with Gasteiger partial charge in [0.1, 0.15) is 17.4 Å². The highest BCUT2D eigenvalue weighted by atomic mass is 16.5. The van der Waals surface area contributed by atoms with Gasteiger partial charge < -0.3 is 9.15 Å². The van der Waals surface area contributed by atoms with Gasteiger partial charge in [-0.2, -0.15) is 5.26 Å². The summed E-state index contributed by atoms with van der Waals surface area (Å²) in [5, 5.41) is 11.4. The highest BCUT2D eigenvalue weighted by Crippen LogP contribution is 2.38. The number of ether oxygens (including phenoxy) is 1. The zero-order valence-electron chi connectivity index (χ0n) is 16.6. The molecule has 150 valence electrons. The number of amides is 2. The van der Waals surface area contributed by atoms with Gasteiger partial charge >= 0.3 is 5.63 Å². The van der Waals surface area contributed by atoms with Gasteiger partial charge in [-0.25, -0.2) is 4.79 Å². The summed E-state index contributed by atoms with van der Waals surface area (Å²) in [7, 11) is 2.94. The first-order chi connectivity index (χ1) is 15.0. The van der Waals surface area contributed by atoms with Crippen LogP contribution < -0.4 is 10.4 Å². The van der Waals surface area contributed by atoms with E-state index in [0.29, 0.717) is 33.0 Å². The van der Waals surface area contributed by atoms with E-state index < -0.39 is 17.4 Å². The van der Waals surface area contributed by atoms with Gasteiger partial charge in [0.05, 0.1) is 23.8 Å². The van der Waals surface area contributed by atoms with Crippen molar-refractivity contribution >= 4 is 33.6 Å². The van der Waals surface area contributed by atoms with Crippen molar-refractivity contribution in [2.45, 2.75) is 0 Å². The second kappa shape index (κ2) is 6.54. The van der Waals surface area contributed by atoms with E-state index in [1.807, 2.05) is 0 Å². The number of hydrogen-bond donors (Lipinski definition) is 0. The Bertz CT molecular complexity index is 1540. The molecule has 1 aromatic heterocycles. The van der Waals surface area contributed by atoms with E-state index in [4.69, 9.17) is 9.15 Å². The topological polar surface area (TPSA) is 101 Å². The summed E-state index contributed by atoms with van der Waals surface area (Å²) in [4.78, 5) is 39.3. The average Bonchev–Trinajstić information content (AvgIpc) is 2.80. The molecule has 0 saturated heterocycles. The fraction of sp³-hybridized carbons (Fsp3) is 0.0833. The summed E-state index contributed by atoms with van der Waals surface area (Å²) in [5.41, 5.74) is 0.782. The third-order valence-corrected chi connectivity index (χ3v) is 5.59. The average molecular weight is 410 g/mol. The Hall–Kier alpha value is -4.44. The van der Waals surface area contributed by atoms with Crippen LogP contribution in [0.25, 0.3) is 32.9 Å². The monoisotopic (exact) mass is 410 g/mol. The first kappa shape index (κ1) is 18.6. The smallest absolute Gasteiger partial charge is 0.345 e. The number of methoxy groups -OCH3 is 1. The molecule has 1 aliphatic rings. The molecule has 0 bridgehead atoms. The fourth-order valence-electron chi connectivity index (χ4n) is 4.11. The van der Waals surface area contributed by atoms with E-state index in [1.54, 1.807) is 42.5 Å². The van der Waals surface area contributed by atoms with Crippen molar-refractivity contribution in [3.05, 3.63) is 75.6 Å². The third-order valence-electron chi connectivity index (χ3n) is 5.59. The lowest BCUT2D eigenvalue weighted by atomic mass is 9.89. The van der Waals surface area contributed by atoms with Crippen LogP contribution in [0.2, 0.25) is 0 Å². The molecule has 0 unspecified atom stereocenters. The fourth-order valence-corrected chi connectivity index (χ4v) is 4.11. The van der Waals surface area contributed by atoms with Gasteiger partial charge in [0.2, 0.25) is 0 Å². The Balaban J connectivity index is 1.95. The number of carbonyl (C=O) groups excluding carboxylic acids is 2. The van der Waals surface area contributed by atoms with E-state index >= 15 is 0 Å². The molecule has 0 radical (unpaired) electrons. The minimum Gasteiger partial charge on any atom is -0.497 e. The minimum atomic E-state index is -0.690. The number of carbonyl (C=O) groups is 2. The lowest BCUT2D eigenvalue weighted by Crippen LogP contribution is -2.36. The molecule has 1 aliphatic heterocycles. The van der Waals surface area contributed by atoms with Crippen LogP contribution in [0, 0.1) is 11.3 Å². The molecule has 2 amide bonds. The van der Waals surface area contributed by atoms with Crippen LogP contribution in [0.4, 0.5) is 0 Å². The van der Waals surface area contributed by atoms with E-state index in [9.17, 15) is 19.6 Å². The SMILES string of the molecule is COc1ccc(-c2c(C#N)c3c(cc4c5c(cccc53)C(=O)N(C)C4=O)oc2=O)cc1. The van der Waals surface area contributed by atoms with Gasteiger partial charge in [0, 0.05) is 23.4 Å². The maximum atomic E-state index is 12.9. The summed E-state index contributed by atoms with van der Waals surface area (Å²) < 4.78 is 10.7. The van der Waals surface area contributed by atoms with Crippen molar-refractivity contribution < 1.29 is 18.7 Å². The van der Waals surface area contributed by atoms with Crippen LogP contribution in [-0.4, -0.2) is 30.9 Å². The van der Waals surface area contributed by atoms with Crippen LogP contribution in [0.1, 0.15) is 26.3 Å². The minimum absolute atomic E-state index is 0.115. The first-order valence-corrected chi connectivity index (χ1v) is 9.39. The number of hydrogen-bond acceptors (Lipinski definition) is 6. The maximum Gasteiger partial charge on any atom is 0.345 e. The summed E-state index contributed by atoms with van der Waals surface area (Å²) in [6.07, 6.45) is 0. The molecule has 2 heterocycles. The quantitative estimate of drug-likeness (QED) is 0.284. The lowest BCUT2D eigenvalue weighted by molar-refractivity contribution is 0.0650. The molecule has 0 atom stereocenters. The number of benzene rings is 3. The number of nitrogens with zero attached hydrogens (tertiary/aromatic N) is 2. The van der Waals surface area contributed by atoms with E-state index in [1.165, 1.54) is 20.2 Å². The summed E-state index contributed by atoms with van der Waals surface area (Å²) in [5.74, 6) is -0.305. The highest BCUT2D eigenvalue weighted by Gasteiger charge is 2.32. The number of fused-ring (bicyclic) bond motifs is 2. The van der Waals surface area contributed by atoms with Gasteiger partial charge in [0.25, 0.3) is 11.8 Å². The van der Waals surface area contributed by atoms with Crippen LogP contribution in [-0.2, 0) is 0 Å². The van der Waals surface area contributed by atoms with Crippen molar-refractivity contribution in [2.75, 3.05) is 14.2 Å². The Morgan fingerprint density at radius 3 is 2.35 bits per heavy atom. The van der Waals surface area contributed by atoms with Crippen LogP contribution >= 0.6 is 0 Å². The van der Waals surface area contributed by atoms with Gasteiger partial charge in [-0.15, -0.1) is 0 Å². The van der Waals surface area contributed by atoms with Crippen LogP contribution in [0.5, 0.6) is 5.75 Å². The normalized spacial score (nSPS) is 13.0. The standard InChI is InChI=1S/C24H14N2O5/c1-26-22(27)15-5-3-4-14-20(15)16(23(26)28)10-18-21(14)17(11-25)19(24(29)31-18)12-6-8-13(30-2)9-7-12/h3-10H,1-2H3. The second-order valence-electron chi connectivity index (χ2n) is 7.17. The predicted octanol–water partition coefficient (Wildman–Crippen LogP) is 3.72. The van der Waals surface area contributed by atoms with E-state index in [2.05, 4.69) is 6.07 Å². The Labute approximate surface area is 175 Å². The summed E-state index contributed by atoms with van der Waals surface area (Å²) in [6, 6.07) is 15.3. The molecular formula is C24H14N2O5. The number of nitriles is 1. The molecule has 7 heteroatoms. The van der Waals surface area contributed by atoms with Crippen molar-refractivity contribution in [2.24, 2.45) is 0 Å². The molecule has 0 saturated carbocycles. The molecule has 7 nitrogen and oxygen atoms in total. The predicted molar refractivity (Wildman–Crippen MR) is 113 cm³/mol. The van der Waals surface area contributed by atoms with Crippen molar-refractivity contribution in [3.8, 4) is 22.9 Å². The molecule has 0 spiro atoms. The molecule has 0 N–H and O–H groups in total. The Morgan fingerprint density at radius 1 is 0.968 bits per heavy atom. The zero-order valence-corrected chi connectivity index (χ0v) is 16.6. The number of imide groups is 1. The number of rotatable bonds is 2. The largest absolute Gasteiger partial charge is 0.497 e. The van der Waals surface area contributed by atoms with Crippen molar-refractivity contribution in [1.82, 2.24) is 4.90 Å². The molecule has 5 rings (SSSR count). The summed E-state index contributed by atoms with van der Waals surface area (Å²) >= 11 is 0.